The highest BCUT2D eigenvalue weighted by atomic mass is 79.9. The van der Waals surface area contributed by atoms with Gasteiger partial charge in [-0.15, -0.1) is 0 Å². The molecule has 1 N–H and O–H groups in total. The number of rotatable bonds is 5. The van der Waals surface area contributed by atoms with Gasteiger partial charge in [-0.2, -0.15) is 0 Å². The minimum absolute atomic E-state index is 0.271. The van der Waals surface area contributed by atoms with Gasteiger partial charge >= 0.3 is 0 Å². The van der Waals surface area contributed by atoms with Crippen LogP contribution in [0.5, 0.6) is 0 Å². The Balaban J connectivity index is 2.35. The summed E-state index contributed by atoms with van der Waals surface area (Å²) in [5.74, 6) is 0.224. The van der Waals surface area contributed by atoms with Crippen LogP contribution in [0.2, 0.25) is 0 Å². The number of halogens is 1. The van der Waals surface area contributed by atoms with Gasteiger partial charge in [0.15, 0.2) is 9.84 Å². The molecule has 0 saturated heterocycles. The highest BCUT2D eigenvalue weighted by Gasteiger charge is 2.30. The first kappa shape index (κ1) is 13.0. The minimum atomic E-state index is -3.28. The fourth-order valence-corrected chi connectivity index (χ4v) is 2.32. The van der Waals surface area contributed by atoms with Gasteiger partial charge in [-0.3, -0.25) is 4.79 Å². The molecule has 1 fully saturated rings. The van der Waals surface area contributed by atoms with Crippen LogP contribution in [0, 0.1) is 5.92 Å². The molecule has 4 nitrogen and oxygen atoms in total. The first-order valence-electron chi connectivity index (χ1n) is 4.93. The van der Waals surface area contributed by atoms with Gasteiger partial charge in [0.05, 0.1) is 0 Å². The molecule has 2 atom stereocenters. The SMILES string of the molecule is CC(C(=O)NCC(Br)C1CC1)S(C)(=O)=O. The molecule has 2 unspecified atom stereocenters. The molecule has 0 aromatic heterocycles. The lowest BCUT2D eigenvalue weighted by molar-refractivity contribution is -0.120. The zero-order chi connectivity index (χ0) is 11.6. The normalized spacial score (nSPS) is 20.7. The molecular weight excluding hydrogens is 282 g/mol. The molecule has 1 aliphatic carbocycles. The summed E-state index contributed by atoms with van der Waals surface area (Å²) in [5.41, 5.74) is 0. The summed E-state index contributed by atoms with van der Waals surface area (Å²) in [6, 6.07) is 0. The van der Waals surface area contributed by atoms with E-state index in [1.807, 2.05) is 0 Å². The largest absolute Gasteiger partial charge is 0.354 e. The second kappa shape index (κ2) is 4.82. The molecule has 0 bridgehead atoms. The van der Waals surface area contributed by atoms with Crippen LogP contribution < -0.4 is 5.32 Å². The highest BCUT2D eigenvalue weighted by molar-refractivity contribution is 9.09. The molecule has 0 spiro atoms. The maximum atomic E-state index is 11.4. The van der Waals surface area contributed by atoms with Crippen LogP contribution in [0.25, 0.3) is 0 Å². The first-order valence-corrected chi connectivity index (χ1v) is 7.80. The molecule has 0 heterocycles. The van der Waals surface area contributed by atoms with Gasteiger partial charge in [-0.05, 0) is 25.7 Å². The second-order valence-electron chi connectivity index (χ2n) is 4.07. The Morgan fingerprint density at radius 3 is 2.47 bits per heavy atom. The molecule has 0 radical (unpaired) electrons. The van der Waals surface area contributed by atoms with Crippen molar-refractivity contribution in [2.75, 3.05) is 12.8 Å². The van der Waals surface area contributed by atoms with Gasteiger partial charge in [0.25, 0.3) is 0 Å². The van der Waals surface area contributed by atoms with E-state index in [2.05, 4.69) is 21.2 Å². The van der Waals surface area contributed by atoms with E-state index in [0.717, 1.165) is 6.26 Å². The fourth-order valence-electron chi connectivity index (χ4n) is 1.16. The zero-order valence-electron chi connectivity index (χ0n) is 8.86. The number of sulfone groups is 1. The van der Waals surface area contributed by atoms with Crippen LogP contribution in [-0.4, -0.2) is 37.2 Å². The maximum Gasteiger partial charge on any atom is 0.238 e. The lowest BCUT2D eigenvalue weighted by Crippen LogP contribution is -2.40. The topological polar surface area (TPSA) is 63.2 Å². The maximum absolute atomic E-state index is 11.4. The fraction of sp³-hybridized carbons (Fsp3) is 0.889. The van der Waals surface area contributed by atoms with E-state index in [-0.39, 0.29) is 4.83 Å². The van der Waals surface area contributed by atoms with Crippen molar-refractivity contribution >= 4 is 31.7 Å². The summed E-state index contributed by atoms with van der Waals surface area (Å²) < 4.78 is 22.2. The smallest absolute Gasteiger partial charge is 0.238 e. The van der Waals surface area contributed by atoms with E-state index in [1.165, 1.54) is 19.8 Å². The first-order chi connectivity index (χ1) is 6.82. The van der Waals surface area contributed by atoms with E-state index < -0.39 is 21.0 Å². The number of hydrogen-bond donors (Lipinski definition) is 1. The van der Waals surface area contributed by atoms with Crippen LogP contribution in [-0.2, 0) is 14.6 Å². The minimum Gasteiger partial charge on any atom is -0.354 e. The molecule has 1 amide bonds. The van der Waals surface area contributed by atoms with Crippen molar-refractivity contribution in [3.63, 3.8) is 0 Å². The lowest BCUT2D eigenvalue weighted by Gasteiger charge is -2.13. The Morgan fingerprint density at radius 2 is 2.07 bits per heavy atom. The van der Waals surface area contributed by atoms with E-state index in [9.17, 15) is 13.2 Å². The molecule has 1 aliphatic rings. The Morgan fingerprint density at radius 1 is 1.53 bits per heavy atom. The third kappa shape index (κ3) is 4.10. The van der Waals surface area contributed by atoms with E-state index >= 15 is 0 Å². The van der Waals surface area contributed by atoms with Gasteiger partial charge in [-0.25, -0.2) is 8.42 Å². The quantitative estimate of drug-likeness (QED) is 0.760. The van der Waals surface area contributed by atoms with Crippen molar-refractivity contribution in [2.45, 2.75) is 29.8 Å². The van der Waals surface area contributed by atoms with Gasteiger partial charge in [0.1, 0.15) is 5.25 Å². The van der Waals surface area contributed by atoms with Gasteiger partial charge in [0, 0.05) is 17.6 Å². The number of hydrogen-bond acceptors (Lipinski definition) is 3. The average molecular weight is 298 g/mol. The third-order valence-corrected chi connectivity index (χ3v) is 5.19. The van der Waals surface area contributed by atoms with Crippen molar-refractivity contribution in [3.05, 3.63) is 0 Å². The molecule has 1 rings (SSSR count). The van der Waals surface area contributed by atoms with E-state index in [0.29, 0.717) is 12.5 Å². The summed E-state index contributed by atoms with van der Waals surface area (Å²) in [5, 5.41) is 1.68. The van der Waals surface area contributed by atoms with Crippen molar-refractivity contribution < 1.29 is 13.2 Å². The molecular formula is C9H16BrNO3S. The standard InChI is InChI=1S/C9H16BrNO3S/c1-6(15(2,13)14)9(12)11-5-8(10)7-3-4-7/h6-8H,3-5H2,1-2H3,(H,11,12). The lowest BCUT2D eigenvalue weighted by atomic mass is 10.3. The monoisotopic (exact) mass is 297 g/mol. The number of nitrogens with one attached hydrogen (secondary N) is 1. The molecule has 1 saturated carbocycles. The van der Waals surface area contributed by atoms with Crippen LogP contribution in [0.15, 0.2) is 0 Å². The number of carbonyl (C=O) groups excluding carboxylic acids is 1. The zero-order valence-corrected chi connectivity index (χ0v) is 11.3. The number of carbonyl (C=O) groups is 1. The Hall–Kier alpha value is -0.100. The van der Waals surface area contributed by atoms with Crippen LogP contribution in [0.4, 0.5) is 0 Å². The summed E-state index contributed by atoms with van der Waals surface area (Å²) in [6.45, 7) is 1.91. The molecule has 0 aliphatic heterocycles. The summed E-state index contributed by atoms with van der Waals surface area (Å²) in [6.07, 6.45) is 3.45. The van der Waals surface area contributed by atoms with Gasteiger partial charge in [0.2, 0.25) is 5.91 Å². The Kier molecular flexibility index (Phi) is 4.17. The Bertz CT molecular complexity index is 337. The summed E-state index contributed by atoms with van der Waals surface area (Å²) in [4.78, 5) is 11.7. The van der Waals surface area contributed by atoms with Gasteiger partial charge in [-0.1, -0.05) is 15.9 Å². The van der Waals surface area contributed by atoms with Crippen molar-refractivity contribution in [2.24, 2.45) is 5.92 Å². The predicted octanol–water partition coefficient (Wildman–Crippen LogP) is 0.709. The summed E-state index contributed by atoms with van der Waals surface area (Å²) >= 11 is 3.47. The van der Waals surface area contributed by atoms with Crippen molar-refractivity contribution in [1.29, 1.82) is 0 Å². The van der Waals surface area contributed by atoms with Crippen molar-refractivity contribution in [1.82, 2.24) is 5.32 Å². The van der Waals surface area contributed by atoms with Crippen LogP contribution in [0.3, 0.4) is 0 Å². The molecule has 88 valence electrons. The molecule has 6 heteroatoms. The third-order valence-electron chi connectivity index (χ3n) is 2.62. The molecule has 15 heavy (non-hydrogen) atoms. The Labute approximate surface area is 98.9 Å². The number of alkyl halides is 1. The van der Waals surface area contributed by atoms with E-state index in [4.69, 9.17) is 0 Å². The van der Waals surface area contributed by atoms with Crippen LogP contribution in [0.1, 0.15) is 19.8 Å². The molecule has 0 aromatic rings. The highest BCUT2D eigenvalue weighted by Crippen LogP contribution is 2.36. The second-order valence-corrected chi connectivity index (χ2v) is 7.61. The van der Waals surface area contributed by atoms with E-state index in [1.54, 1.807) is 0 Å². The summed E-state index contributed by atoms with van der Waals surface area (Å²) in [7, 11) is -3.28. The van der Waals surface area contributed by atoms with Crippen LogP contribution >= 0.6 is 15.9 Å². The predicted molar refractivity (Wildman–Crippen MR) is 62.8 cm³/mol. The number of amides is 1. The van der Waals surface area contributed by atoms with Gasteiger partial charge < -0.3 is 5.32 Å². The average Bonchev–Trinajstić information content (AvgIpc) is 2.93. The molecule has 0 aromatic carbocycles. The van der Waals surface area contributed by atoms with Crippen molar-refractivity contribution in [3.8, 4) is 0 Å².